The number of hydrogen-bond acceptors (Lipinski definition) is 6. The Kier molecular flexibility index (Phi) is 5.29. The number of nitrogens with two attached hydrogens (primary N) is 1. The summed E-state index contributed by atoms with van der Waals surface area (Å²) >= 11 is 0. The number of aliphatic hydroxyl groups excluding tert-OH is 1. The quantitative estimate of drug-likeness (QED) is 0.649. The van der Waals surface area contributed by atoms with Crippen LogP contribution in [0.25, 0.3) is 0 Å². The number of pyridine rings is 1. The summed E-state index contributed by atoms with van der Waals surface area (Å²) < 4.78 is 12.0. The van der Waals surface area contributed by atoms with E-state index in [0.29, 0.717) is 29.2 Å². The van der Waals surface area contributed by atoms with E-state index in [1.807, 2.05) is 31.2 Å². The van der Waals surface area contributed by atoms with Gasteiger partial charge in [0.2, 0.25) is 0 Å². The lowest BCUT2D eigenvalue weighted by molar-refractivity contribution is 0.0848. The van der Waals surface area contributed by atoms with E-state index in [9.17, 15) is 9.90 Å². The molecule has 6 heteroatoms. The van der Waals surface area contributed by atoms with Gasteiger partial charge in [0.15, 0.2) is 5.78 Å². The van der Waals surface area contributed by atoms with E-state index in [4.69, 9.17) is 15.2 Å². The monoisotopic (exact) mass is 390 g/mol. The molecule has 3 N–H and O–H groups in total. The third-order valence-electron chi connectivity index (χ3n) is 5.00. The van der Waals surface area contributed by atoms with Gasteiger partial charge in [0.1, 0.15) is 23.8 Å². The van der Waals surface area contributed by atoms with Crippen molar-refractivity contribution in [2.45, 2.75) is 19.3 Å². The summed E-state index contributed by atoms with van der Waals surface area (Å²) in [5.41, 5.74) is 8.55. The molecular weight excluding hydrogens is 368 g/mol. The first-order chi connectivity index (χ1) is 14.0. The molecule has 0 fully saturated rings. The summed E-state index contributed by atoms with van der Waals surface area (Å²) in [4.78, 5) is 16.4. The minimum Gasteiger partial charge on any atom is -0.492 e. The van der Waals surface area contributed by atoms with Crippen molar-refractivity contribution in [3.05, 3.63) is 89.2 Å². The van der Waals surface area contributed by atoms with Crippen LogP contribution in [0.4, 0.5) is 0 Å². The molecule has 3 atom stereocenters. The second-order valence-electron chi connectivity index (χ2n) is 7.12. The molecule has 0 saturated heterocycles. The summed E-state index contributed by atoms with van der Waals surface area (Å²) in [5, 5.41) is 9.55. The second kappa shape index (κ2) is 8.03. The molecule has 2 aromatic carbocycles. The van der Waals surface area contributed by atoms with Gasteiger partial charge in [-0.25, -0.2) is 0 Å². The molecule has 1 aliphatic heterocycles. The molecule has 0 aliphatic carbocycles. The maximum Gasteiger partial charge on any atom is 0.172 e. The van der Waals surface area contributed by atoms with Crippen molar-refractivity contribution >= 4 is 5.78 Å². The van der Waals surface area contributed by atoms with Crippen molar-refractivity contribution in [1.29, 1.82) is 0 Å². The van der Waals surface area contributed by atoms with Gasteiger partial charge in [-0.2, -0.15) is 0 Å². The van der Waals surface area contributed by atoms with Crippen LogP contribution in [-0.4, -0.2) is 22.5 Å². The Morgan fingerprint density at radius 1 is 1.07 bits per heavy atom. The normalized spacial score (nSPS) is 17.8. The minimum absolute atomic E-state index is 0.0828. The van der Waals surface area contributed by atoms with E-state index >= 15 is 0 Å². The maximum absolute atomic E-state index is 12.3. The predicted molar refractivity (Wildman–Crippen MR) is 108 cm³/mol. The lowest BCUT2D eigenvalue weighted by atomic mass is 9.96. The number of aliphatic hydroxyl groups is 1. The van der Waals surface area contributed by atoms with Gasteiger partial charge >= 0.3 is 0 Å². The molecule has 0 saturated carbocycles. The summed E-state index contributed by atoms with van der Waals surface area (Å²) in [6.45, 7) is 2.23. The minimum atomic E-state index is -1.03. The molecule has 0 spiro atoms. The van der Waals surface area contributed by atoms with E-state index in [1.54, 1.807) is 42.7 Å². The number of benzene rings is 2. The van der Waals surface area contributed by atoms with E-state index in [2.05, 4.69) is 4.98 Å². The van der Waals surface area contributed by atoms with E-state index in [0.717, 1.165) is 11.1 Å². The van der Waals surface area contributed by atoms with E-state index < -0.39 is 12.3 Å². The Morgan fingerprint density at radius 3 is 2.41 bits per heavy atom. The number of aromatic nitrogens is 1. The highest BCUT2D eigenvalue weighted by atomic mass is 16.5. The van der Waals surface area contributed by atoms with Crippen molar-refractivity contribution in [3.8, 4) is 11.5 Å². The van der Waals surface area contributed by atoms with Gasteiger partial charge in [0.25, 0.3) is 0 Å². The summed E-state index contributed by atoms with van der Waals surface area (Å²) in [7, 11) is 0. The lowest BCUT2D eigenvalue weighted by Crippen LogP contribution is -2.25. The van der Waals surface area contributed by atoms with Crippen molar-refractivity contribution in [2.75, 3.05) is 6.61 Å². The van der Waals surface area contributed by atoms with Gasteiger partial charge in [-0.05, 0) is 41.0 Å². The first-order valence-electron chi connectivity index (χ1n) is 9.44. The number of carbonyl (C=O) groups is 1. The Morgan fingerprint density at radius 2 is 1.72 bits per heavy atom. The average molecular weight is 390 g/mol. The average Bonchev–Trinajstić information content (AvgIpc) is 2.75. The Bertz CT molecular complexity index is 1000. The number of fused-ring (bicyclic) bond motifs is 1. The topological polar surface area (TPSA) is 94.7 Å². The zero-order chi connectivity index (χ0) is 20.4. The van der Waals surface area contributed by atoms with Crippen LogP contribution in [0.2, 0.25) is 0 Å². The molecule has 29 heavy (non-hydrogen) atoms. The van der Waals surface area contributed by atoms with Crippen LogP contribution < -0.4 is 15.2 Å². The molecule has 0 radical (unpaired) electrons. The second-order valence-corrected chi connectivity index (χ2v) is 7.12. The molecule has 148 valence electrons. The van der Waals surface area contributed by atoms with Crippen LogP contribution in [0, 0.1) is 5.92 Å². The van der Waals surface area contributed by atoms with Crippen molar-refractivity contribution in [2.24, 2.45) is 11.7 Å². The number of carbonyl (C=O) groups excluding carboxylic acids is 1. The van der Waals surface area contributed by atoms with Crippen LogP contribution >= 0.6 is 0 Å². The van der Waals surface area contributed by atoms with Crippen molar-refractivity contribution in [1.82, 2.24) is 4.98 Å². The lowest BCUT2D eigenvalue weighted by Gasteiger charge is -2.24. The molecule has 1 aliphatic rings. The Balaban J connectivity index is 1.67. The number of ketones is 1. The molecule has 3 aromatic rings. The molecule has 1 unspecified atom stereocenters. The molecule has 0 amide bonds. The fourth-order valence-electron chi connectivity index (χ4n) is 3.33. The smallest absolute Gasteiger partial charge is 0.172 e. The zero-order valence-corrected chi connectivity index (χ0v) is 16.0. The van der Waals surface area contributed by atoms with Crippen LogP contribution in [0.3, 0.4) is 0 Å². The molecule has 1 aromatic heterocycles. The molecule has 6 nitrogen and oxygen atoms in total. The van der Waals surface area contributed by atoms with Crippen LogP contribution in [0.5, 0.6) is 11.5 Å². The van der Waals surface area contributed by atoms with Gasteiger partial charge in [-0.1, -0.05) is 31.2 Å². The Labute approximate surface area is 168 Å². The predicted octanol–water partition coefficient (Wildman–Crippen LogP) is 3.41. The van der Waals surface area contributed by atoms with E-state index in [1.165, 1.54) is 0 Å². The Hall–Kier alpha value is -3.22. The third kappa shape index (κ3) is 3.99. The fraction of sp³-hybridized carbons (Fsp3) is 0.217. The van der Waals surface area contributed by atoms with Crippen molar-refractivity contribution in [3.63, 3.8) is 0 Å². The van der Waals surface area contributed by atoms with Crippen LogP contribution in [0.1, 0.15) is 46.3 Å². The number of rotatable bonds is 5. The first kappa shape index (κ1) is 19.1. The van der Waals surface area contributed by atoms with E-state index in [-0.39, 0.29) is 11.7 Å². The number of Topliss-reactive ketones (excluding diaryl/α,β-unsaturated/α-hetero) is 1. The summed E-state index contributed by atoms with van der Waals surface area (Å²) in [6.07, 6.45) is 1.99. The van der Waals surface area contributed by atoms with Gasteiger partial charge in [0.05, 0.1) is 18.1 Å². The highest BCUT2D eigenvalue weighted by Gasteiger charge is 2.26. The summed E-state index contributed by atoms with van der Waals surface area (Å²) in [6, 6.07) is 16.3. The fourth-order valence-corrected chi connectivity index (χ4v) is 3.33. The number of ether oxygens (including phenoxy) is 2. The molecule has 2 heterocycles. The molecular formula is C23H22N2O4. The van der Waals surface area contributed by atoms with Gasteiger partial charge < -0.3 is 20.3 Å². The highest BCUT2D eigenvalue weighted by molar-refractivity contribution is 6.01. The number of nitrogens with zero attached hydrogens (tertiary/aromatic N) is 1. The van der Waals surface area contributed by atoms with Crippen LogP contribution in [0.15, 0.2) is 67.0 Å². The van der Waals surface area contributed by atoms with Gasteiger partial charge in [-0.3, -0.25) is 9.78 Å². The highest BCUT2D eigenvalue weighted by Crippen LogP contribution is 2.34. The summed E-state index contributed by atoms with van der Waals surface area (Å²) in [5.74, 6) is 1.08. The SMILES string of the molecule is C[C@H]1COc2cc(O[C@H](c3ccncc3)c3ccc(C(N)O)cc3)ccc2C1=O. The standard InChI is InChI=1S/C23H22N2O4/c1-14-13-28-20-12-18(6-7-19(20)21(14)26)29-22(16-8-10-25-11-9-16)15-2-4-17(5-3-15)23(24)27/h2-12,14,22-23,27H,13,24H2,1H3/t14-,22-,23?/m0/s1. The zero-order valence-electron chi connectivity index (χ0n) is 16.0. The van der Waals surface area contributed by atoms with Crippen LogP contribution in [-0.2, 0) is 0 Å². The van der Waals surface area contributed by atoms with Gasteiger partial charge in [0, 0.05) is 18.5 Å². The van der Waals surface area contributed by atoms with Gasteiger partial charge in [-0.15, -0.1) is 0 Å². The number of hydrogen-bond donors (Lipinski definition) is 2. The first-order valence-corrected chi connectivity index (χ1v) is 9.44. The molecule has 0 bridgehead atoms. The molecule has 4 rings (SSSR count). The maximum atomic E-state index is 12.3. The largest absolute Gasteiger partial charge is 0.492 e. The third-order valence-corrected chi connectivity index (χ3v) is 5.00. The van der Waals surface area contributed by atoms with Crippen molar-refractivity contribution < 1.29 is 19.4 Å².